The fraction of sp³-hybridized carbons (Fsp3) is 0.357. The van der Waals surface area contributed by atoms with Gasteiger partial charge in [-0.25, -0.2) is 8.42 Å². The van der Waals surface area contributed by atoms with E-state index < -0.39 is 34.1 Å². The zero-order chi connectivity index (χ0) is 26.7. The molecule has 2 amide bonds. The third kappa shape index (κ3) is 6.71. The molecule has 8 heteroatoms. The molecular formula is C28H35N3O4S. The Morgan fingerprint density at radius 2 is 1.56 bits per heavy atom. The van der Waals surface area contributed by atoms with Crippen molar-refractivity contribution in [2.45, 2.75) is 57.6 Å². The molecule has 3 aromatic rings. The lowest BCUT2D eigenvalue weighted by molar-refractivity contribution is -0.141. The Bertz CT molecular complexity index is 1350. The standard InChI is InChI=1S/C28H35N3O4S/c1-20-11-13-22(14-12-20)18-31(21(2)27(33)29-28(3,4)5)26(32)19-30(6)36(34,35)25-16-15-23-9-7-8-10-24(23)17-25/h7-17,21H,18-19H2,1-6H3,(H,29,33)/t21-/m0/s1. The first-order valence-corrected chi connectivity index (χ1v) is 13.3. The zero-order valence-electron chi connectivity index (χ0n) is 21.8. The number of aryl methyl sites for hydroxylation is 1. The number of hydrogen-bond acceptors (Lipinski definition) is 4. The van der Waals surface area contributed by atoms with Crippen LogP contribution in [0.1, 0.15) is 38.8 Å². The monoisotopic (exact) mass is 509 g/mol. The smallest absolute Gasteiger partial charge is 0.243 e. The van der Waals surface area contributed by atoms with Crippen LogP contribution in [0.5, 0.6) is 0 Å². The number of likely N-dealkylation sites (N-methyl/N-ethyl adjacent to an activating group) is 1. The molecule has 7 nitrogen and oxygen atoms in total. The summed E-state index contributed by atoms with van der Waals surface area (Å²) in [7, 11) is -2.55. The number of amides is 2. The average Bonchev–Trinajstić information content (AvgIpc) is 2.81. The molecule has 0 fully saturated rings. The predicted molar refractivity (Wildman–Crippen MR) is 143 cm³/mol. The van der Waals surface area contributed by atoms with Crippen molar-refractivity contribution in [3.63, 3.8) is 0 Å². The minimum absolute atomic E-state index is 0.111. The molecule has 0 bridgehead atoms. The van der Waals surface area contributed by atoms with Gasteiger partial charge in [0.05, 0.1) is 11.4 Å². The molecule has 0 aliphatic rings. The lowest BCUT2D eigenvalue weighted by atomic mass is 10.1. The minimum atomic E-state index is -3.93. The maximum absolute atomic E-state index is 13.5. The molecule has 0 heterocycles. The molecule has 0 spiro atoms. The molecule has 3 aromatic carbocycles. The molecule has 0 saturated heterocycles. The van der Waals surface area contributed by atoms with Crippen molar-refractivity contribution in [1.82, 2.24) is 14.5 Å². The number of fused-ring (bicyclic) bond motifs is 1. The summed E-state index contributed by atoms with van der Waals surface area (Å²) in [6.45, 7) is 9.02. The van der Waals surface area contributed by atoms with Gasteiger partial charge >= 0.3 is 0 Å². The van der Waals surface area contributed by atoms with Crippen LogP contribution in [0, 0.1) is 6.92 Å². The maximum Gasteiger partial charge on any atom is 0.243 e. The van der Waals surface area contributed by atoms with Crippen LogP contribution in [0.4, 0.5) is 0 Å². The third-order valence-corrected chi connectivity index (χ3v) is 7.73. The fourth-order valence-electron chi connectivity index (χ4n) is 3.82. The normalized spacial score (nSPS) is 13.0. The Hall–Kier alpha value is -3.23. The Balaban J connectivity index is 1.85. The topological polar surface area (TPSA) is 86.8 Å². The van der Waals surface area contributed by atoms with Crippen LogP contribution in [0.25, 0.3) is 10.8 Å². The van der Waals surface area contributed by atoms with Gasteiger partial charge in [-0.05, 0) is 63.1 Å². The summed E-state index contributed by atoms with van der Waals surface area (Å²) < 4.78 is 27.6. The predicted octanol–water partition coefficient (Wildman–Crippen LogP) is 4.10. The lowest BCUT2D eigenvalue weighted by Gasteiger charge is -2.32. The highest BCUT2D eigenvalue weighted by molar-refractivity contribution is 7.89. The second-order valence-corrected chi connectivity index (χ2v) is 12.2. The van der Waals surface area contributed by atoms with Crippen molar-refractivity contribution < 1.29 is 18.0 Å². The highest BCUT2D eigenvalue weighted by atomic mass is 32.2. The number of carbonyl (C=O) groups excluding carboxylic acids is 2. The number of nitrogens with zero attached hydrogens (tertiary/aromatic N) is 2. The Morgan fingerprint density at radius 3 is 2.17 bits per heavy atom. The van der Waals surface area contributed by atoms with Gasteiger partial charge in [-0.15, -0.1) is 0 Å². The summed E-state index contributed by atoms with van der Waals surface area (Å²) in [6.07, 6.45) is 0. The molecule has 192 valence electrons. The Kier molecular flexibility index (Phi) is 8.21. The second-order valence-electron chi connectivity index (χ2n) is 10.2. The van der Waals surface area contributed by atoms with Gasteiger partial charge in [0.25, 0.3) is 0 Å². The molecule has 0 saturated carbocycles. The number of rotatable bonds is 8. The molecule has 3 rings (SSSR count). The van der Waals surface area contributed by atoms with Crippen LogP contribution >= 0.6 is 0 Å². The second kappa shape index (κ2) is 10.8. The van der Waals surface area contributed by atoms with Gasteiger partial charge in [-0.2, -0.15) is 4.31 Å². The van der Waals surface area contributed by atoms with Crippen molar-refractivity contribution in [3.05, 3.63) is 77.9 Å². The van der Waals surface area contributed by atoms with Gasteiger partial charge in [0.15, 0.2) is 0 Å². The first-order valence-electron chi connectivity index (χ1n) is 11.9. The summed E-state index contributed by atoms with van der Waals surface area (Å²) in [5.74, 6) is -0.762. The lowest BCUT2D eigenvalue weighted by Crippen LogP contribution is -2.54. The van der Waals surface area contributed by atoms with E-state index in [1.807, 2.05) is 76.2 Å². The number of carbonyl (C=O) groups is 2. The number of sulfonamides is 1. The summed E-state index contributed by atoms with van der Waals surface area (Å²) in [5.41, 5.74) is 1.46. The molecule has 36 heavy (non-hydrogen) atoms. The van der Waals surface area contributed by atoms with Crippen molar-refractivity contribution >= 4 is 32.6 Å². The van der Waals surface area contributed by atoms with E-state index in [2.05, 4.69) is 5.32 Å². The number of benzene rings is 3. The SMILES string of the molecule is Cc1ccc(CN(C(=O)CN(C)S(=O)(=O)c2ccc3ccccc3c2)[C@@H](C)C(=O)NC(C)(C)C)cc1. The van der Waals surface area contributed by atoms with E-state index >= 15 is 0 Å². The first kappa shape index (κ1) is 27.4. The van der Waals surface area contributed by atoms with Crippen LogP contribution in [0.2, 0.25) is 0 Å². The van der Waals surface area contributed by atoms with Crippen LogP contribution in [0.15, 0.2) is 71.6 Å². The summed E-state index contributed by atoms with van der Waals surface area (Å²) >= 11 is 0. The minimum Gasteiger partial charge on any atom is -0.350 e. The molecule has 0 aliphatic heterocycles. The van der Waals surface area contributed by atoms with Crippen LogP contribution in [-0.2, 0) is 26.2 Å². The van der Waals surface area contributed by atoms with E-state index in [0.717, 1.165) is 26.2 Å². The van der Waals surface area contributed by atoms with Gasteiger partial charge in [-0.3, -0.25) is 9.59 Å². The Labute approximate surface area is 214 Å². The molecular weight excluding hydrogens is 474 g/mol. The van der Waals surface area contributed by atoms with Gasteiger partial charge in [0.1, 0.15) is 6.04 Å². The first-order chi connectivity index (χ1) is 16.8. The summed E-state index contributed by atoms with van der Waals surface area (Å²) in [4.78, 5) is 27.9. The number of nitrogens with one attached hydrogen (secondary N) is 1. The van der Waals surface area contributed by atoms with E-state index in [1.54, 1.807) is 25.1 Å². The van der Waals surface area contributed by atoms with E-state index in [4.69, 9.17) is 0 Å². The number of hydrogen-bond donors (Lipinski definition) is 1. The summed E-state index contributed by atoms with van der Waals surface area (Å²) in [5, 5.41) is 4.64. The molecule has 1 atom stereocenters. The Morgan fingerprint density at radius 1 is 0.944 bits per heavy atom. The van der Waals surface area contributed by atoms with Gasteiger partial charge in [0.2, 0.25) is 21.8 Å². The fourth-order valence-corrected chi connectivity index (χ4v) is 4.98. The van der Waals surface area contributed by atoms with Crippen molar-refractivity contribution in [2.75, 3.05) is 13.6 Å². The summed E-state index contributed by atoms with van der Waals surface area (Å²) in [6, 6.07) is 19.3. The zero-order valence-corrected chi connectivity index (χ0v) is 22.6. The largest absolute Gasteiger partial charge is 0.350 e. The van der Waals surface area contributed by atoms with Crippen molar-refractivity contribution in [2.24, 2.45) is 0 Å². The molecule has 0 aromatic heterocycles. The molecule has 1 N–H and O–H groups in total. The molecule has 0 radical (unpaired) electrons. The van der Waals surface area contributed by atoms with Crippen molar-refractivity contribution in [1.29, 1.82) is 0 Å². The quantitative estimate of drug-likeness (QED) is 0.495. The van der Waals surface area contributed by atoms with E-state index in [1.165, 1.54) is 11.9 Å². The van der Waals surface area contributed by atoms with Crippen LogP contribution < -0.4 is 5.32 Å². The van der Waals surface area contributed by atoms with Crippen LogP contribution in [-0.4, -0.2) is 54.6 Å². The van der Waals surface area contributed by atoms with Gasteiger partial charge in [-0.1, -0.05) is 60.2 Å². The van der Waals surface area contributed by atoms with Crippen molar-refractivity contribution in [3.8, 4) is 0 Å². The maximum atomic E-state index is 13.5. The average molecular weight is 510 g/mol. The van der Waals surface area contributed by atoms with Gasteiger partial charge in [0, 0.05) is 19.1 Å². The highest BCUT2D eigenvalue weighted by Crippen LogP contribution is 2.22. The third-order valence-electron chi connectivity index (χ3n) is 5.93. The highest BCUT2D eigenvalue weighted by Gasteiger charge is 2.31. The molecule has 0 aliphatic carbocycles. The van der Waals surface area contributed by atoms with Gasteiger partial charge < -0.3 is 10.2 Å². The molecule has 0 unspecified atom stereocenters. The van der Waals surface area contributed by atoms with E-state index in [0.29, 0.717) is 0 Å². The van der Waals surface area contributed by atoms with Crippen LogP contribution in [0.3, 0.4) is 0 Å². The van der Waals surface area contributed by atoms with E-state index in [9.17, 15) is 18.0 Å². The van der Waals surface area contributed by atoms with E-state index in [-0.39, 0.29) is 17.3 Å².